The molecular formula is C16H23N3O5. The molecule has 0 aliphatic heterocycles. The van der Waals surface area contributed by atoms with Crippen LogP contribution in [-0.4, -0.2) is 35.1 Å². The molecule has 1 aromatic rings. The van der Waals surface area contributed by atoms with E-state index in [-0.39, 0.29) is 23.4 Å². The van der Waals surface area contributed by atoms with Crippen LogP contribution in [0.5, 0.6) is 0 Å². The molecule has 1 aromatic heterocycles. The number of carbonyl (C=O) groups is 2. The monoisotopic (exact) mass is 337 g/mol. The van der Waals surface area contributed by atoms with Gasteiger partial charge in [0.15, 0.2) is 0 Å². The zero-order chi connectivity index (χ0) is 17.7. The Morgan fingerprint density at radius 1 is 1.29 bits per heavy atom. The number of aromatic amines is 1. The summed E-state index contributed by atoms with van der Waals surface area (Å²) < 4.78 is 5.62. The molecule has 2 N–H and O–H groups in total. The van der Waals surface area contributed by atoms with Gasteiger partial charge in [-0.2, -0.15) is 0 Å². The lowest BCUT2D eigenvalue weighted by molar-refractivity contribution is -0.144. The number of hydrogen-bond donors (Lipinski definition) is 2. The average Bonchev–Trinajstić information content (AvgIpc) is 2.58. The Labute approximate surface area is 139 Å². The molecule has 24 heavy (non-hydrogen) atoms. The van der Waals surface area contributed by atoms with Crippen LogP contribution in [0.2, 0.25) is 0 Å². The van der Waals surface area contributed by atoms with Crippen molar-refractivity contribution in [3.8, 4) is 0 Å². The number of aromatic nitrogens is 2. The molecule has 1 aliphatic carbocycles. The lowest BCUT2D eigenvalue weighted by Gasteiger charge is -2.36. The van der Waals surface area contributed by atoms with Crippen LogP contribution in [0.1, 0.15) is 48.9 Å². The number of nitrogens with zero attached hydrogens (tertiary/aromatic N) is 1. The van der Waals surface area contributed by atoms with Crippen LogP contribution >= 0.6 is 0 Å². The minimum Gasteiger partial charge on any atom is -0.469 e. The van der Waals surface area contributed by atoms with Crippen molar-refractivity contribution in [1.82, 2.24) is 14.9 Å². The summed E-state index contributed by atoms with van der Waals surface area (Å²) in [7, 11) is 2.65. The van der Waals surface area contributed by atoms with Gasteiger partial charge in [0.1, 0.15) is 5.56 Å². The summed E-state index contributed by atoms with van der Waals surface area (Å²) in [6, 6.07) is 0. The predicted octanol–water partition coefficient (Wildman–Crippen LogP) is 0.317. The third-order valence-electron chi connectivity index (χ3n) is 4.71. The summed E-state index contributed by atoms with van der Waals surface area (Å²) in [5.74, 6) is -0.854. The molecule has 0 radical (unpaired) electrons. The summed E-state index contributed by atoms with van der Waals surface area (Å²) in [5.41, 5.74) is -1.69. The Kier molecular flexibility index (Phi) is 5.58. The Morgan fingerprint density at radius 2 is 1.96 bits per heavy atom. The largest absolute Gasteiger partial charge is 0.469 e. The molecule has 0 atom stereocenters. The number of rotatable bonds is 5. The van der Waals surface area contributed by atoms with Gasteiger partial charge in [-0.3, -0.25) is 19.0 Å². The molecule has 0 aromatic carbocycles. The highest BCUT2D eigenvalue weighted by Gasteiger charge is 2.35. The maximum Gasteiger partial charge on any atom is 0.328 e. The van der Waals surface area contributed by atoms with Crippen molar-refractivity contribution in [3.63, 3.8) is 0 Å². The van der Waals surface area contributed by atoms with E-state index in [0.29, 0.717) is 6.54 Å². The summed E-state index contributed by atoms with van der Waals surface area (Å²) >= 11 is 0. The summed E-state index contributed by atoms with van der Waals surface area (Å²) in [4.78, 5) is 49.7. The molecule has 0 saturated heterocycles. The maximum atomic E-state index is 12.3. The van der Waals surface area contributed by atoms with Gasteiger partial charge in [0.05, 0.1) is 13.5 Å². The van der Waals surface area contributed by atoms with Crippen molar-refractivity contribution in [2.75, 3.05) is 13.7 Å². The second-order valence-electron chi connectivity index (χ2n) is 6.37. The summed E-state index contributed by atoms with van der Waals surface area (Å²) in [6.07, 6.45) is 6.11. The Bertz CT molecular complexity index is 728. The number of hydrogen-bond acceptors (Lipinski definition) is 5. The van der Waals surface area contributed by atoms with E-state index < -0.39 is 17.2 Å². The van der Waals surface area contributed by atoms with Crippen LogP contribution < -0.4 is 16.6 Å². The van der Waals surface area contributed by atoms with Crippen LogP contribution in [0.3, 0.4) is 0 Å². The second kappa shape index (κ2) is 7.46. The van der Waals surface area contributed by atoms with Gasteiger partial charge < -0.3 is 15.0 Å². The van der Waals surface area contributed by atoms with Crippen molar-refractivity contribution in [2.24, 2.45) is 12.5 Å². The molecular weight excluding hydrogens is 314 g/mol. The Hall–Kier alpha value is -2.38. The maximum absolute atomic E-state index is 12.3. The van der Waals surface area contributed by atoms with Gasteiger partial charge in [0, 0.05) is 19.8 Å². The van der Waals surface area contributed by atoms with E-state index in [1.807, 2.05) is 0 Å². The average molecular weight is 337 g/mol. The van der Waals surface area contributed by atoms with Gasteiger partial charge in [-0.1, -0.05) is 19.3 Å². The first-order valence-electron chi connectivity index (χ1n) is 8.02. The molecule has 0 spiro atoms. The van der Waals surface area contributed by atoms with Crippen LogP contribution in [0.25, 0.3) is 0 Å². The molecule has 1 saturated carbocycles. The number of carbonyl (C=O) groups excluding carboxylic acids is 2. The van der Waals surface area contributed by atoms with Crippen LogP contribution in [0.4, 0.5) is 0 Å². The highest BCUT2D eigenvalue weighted by atomic mass is 16.5. The standard InChI is InChI=1S/C16H23N3O5/c1-19-14(22)11(9-17-15(19)23)13(21)18-10-16(8-12(20)24-2)6-4-3-5-7-16/h9H,3-8,10H2,1-2H3,(H,17,23)(H,18,21). The first-order valence-corrected chi connectivity index (χ1v) is 8.02. The van der Waals surface area contributed by atoms with Crippen molar-refractivity contribution in [2.45, 2.75) is 38.5 Å². The van der Waals surface area contributed by atoms with Crippen molar-refractivity contribution < 1.29 is 14.3 Å². The number of esters is 1. The smallest absolute Gasteiger partial charge is 0.328 e. The van der Waals surface area contributed by atoms with Crippen LogP contribution in [0.15, 0.2) is 15.8 Å². The topological polar surface area (TPSA) is 110 Å². The number of nitrogens with one attached hydrogen (secondary N) is 2. The third-order valence-corrected chi connectivity index (χ3v) is 4.71. The zero-order valence-corrected chi connectivity index (χ0v) is 14.0. The molecule has 132 valence electrons. The van der Waals surface area contributed by atoms with Gasteiger partial charge in [0.2, 0.25) is 0 Å². The van der Waals surface area contributed by atoms with Crippen molar-refractivity contribution in [1.29, 1.82) is 0 Å². The minimum absolute atomic E-state index is 0.124. The molecule has 0 unspecified atom stereocenters. The van der Waals surface area contributed by atoms with Crippen LogP contribution in [-0.2, 0) is 16.6 Å². The predicted molar refractivity (Wildman–Crippen MR) is 86.8 cm³/mol. The second-order valence-corrected chi connectivity index (χ2v) is 6.37. The molecule has 1 aliphatic rings. The molecule has 2 rings (SSSR count). The number of amides is 1. The summed E-state index contributed by atoms with van der Waals surface area (Å²) in [6.45, 7) is 0.295. The quantitative estimate of drug-likeness (QED) is 0.752. The lowest BCUT2D eigenvalue weighted by Crippen LogP contribution is -2.43. The Morgan fingerprint density at radius 3 is 2.58 bits per heavy atom. The van der Waals surface area contributed by atoms with Crippen molar-refractivity contribution in [3.05, 3.63) is 32.6 Å². The fourth-order valence-electron chi connectivity index (χ4n) is 3.19. The van der Waals surface area contributed by atoms with Crippen molar-refractivity contribution >= 4 is 11.9 Å². The molecule has 0 bridgehead atoms. The fraction of sp³-hybridized carbons (Fsp3) is 0.625. The van der Waals surface area contributed by atoms with Crippen LogP contribution in [0, 0.1) is 5.41 Å². The van der Waals surface area contributed by atoms with Gasteiger partial charge in [-0.15, -0.1) is 0 Å². The molecule has 1 amide bonds. The summed E-state index contributed by atoms with van der Waals surface area (Å²) in [5, 5.41) is 2.74. The van der Waals surface area contributed by atoms with E-state index >= 15 is 0 Å². The van der Waals surface area contributed by atoms with E-state index in [0.717, 1.165) is 42.9 Å². The first-order chi connectivity index (χ1) is 11.4. The normalized spacial score (nSPS) is 16.4. The molecule has 1 heterocycles. The van der Waals surface area contributed by atoms with Gasteiger partial charge in [-0.25, -0.2) is 4.79 Å². The number of methoxy groups -OCH3 is 1. The highest BCUT2D eigenvalue weighted by Crippen LogP contribution is 2.39. The molecule has 8 heteroatoms. The van der Waals surface area contributed by atoms with Gasteiger partial charge in [0.25, 0.3) is 11.5 Å². The fourth-order valence-corrected chi connectivity index (χ4v) is 3.19. The zero-order valence-electron chi connectivity index (χ0n) is 14.0. The van der Waals surface area contributed by atoms with E-state index in [1.165, 1.54) is 14.2 Å². The van der Waals surface area contributed by atoms with E-state index in [4.69, 9.17) is 4.74 Å². The minimum atomic E-state index is -0.651. The van der Waals surface area contributed by atoms with E-state index in [1.54, 1.807) is 0 Å². The SMILES string of the molecule is COC(=O)CC1(CNC(=O)c2c[nH]c(=O)n(C)c2=O)CCCCC1. The van der Waals surface area contributed by atoms with Gasteiger partial charge in [-0.05, 0) is 18.3 Å². The third kappa shape index (κ3) is 3.93. The number of ether oxygens (including phenoxy) is 1. The number of H-pyrrole nitrogens is 1. The van der Waals surface area contributed by atoms with Gasteiger partial charge >= 0.3 is 11.7 Å². The highest BCUT2D eigenvalue weighted by molar-refractivity contribution is 5.93. The Balaban J connectivity index is 2.13. The first kappa shape index (κ1) is 18.0. The van der Waals surface area contributed by atoms with E-state index in [2.05, 4.69) is 10.3 Å². The molecule has 1 fully saturated rings. The lowest BCUT2D eigenvalue weighted by atomic mass is 9.71. The van der Waals surface area contributed by atoms with E-state index in [9.17, 15) is 19.2 Å². The molecule has 8 nitrogen and oxygen atoms in total.